The molecule has 1 aliphatic carbocycles. The molecule has 0 spiro atoms. The molecule has 0 saturated heterocycles. The Morgan fingerprint density at radius 2 is 2.24 bits per heavy atom. The summed E-state index contributed by atoms with van der Waals surface area (Å²) in [4.78, 5) is 17.2. The molecule has 1 N–H and O–H groups in total. The fourth-order valence-electron chi connectivity index (χ4n) is 2.72. The third-order valence-corrected chi connectivity index (χ3v) is 5.13. The van der Waals surface area contributed by atoms with Crippen molar-refractivity contribution < 1.29 is 4.79 Å². The van der Waals surface area contributed by atoms with Gasteiger partial charge in [0.05, 0.1) is 6.54 Å². The van der Waals surface area contributed by atoms with Gasteiger partial charge in [0.15, 0.2) is 10.3 Å². The van der Waals surface area contributed by atoms with Crippen LogP contribution in [0.5, 0.6) is 0 Å². The Hall–Kier alpha value is -1.39. The van der Waals surface area contributed by atoms with Gasteiger partial charge < -0.3 is 5.32 Å². The Morgan fingerprint density at radius 3 is 2.95 bits per heavy atom. The Kier molecular flexibility index (Phi) is 3.76. The highest BCUT2D eigenvalue weighted by atomic mass is 35.5. The number of hydrogen-bond acceptors (Lipinski definition) is 4. The van der Waals surface area contributed by atoms with Crippen LogP contribution in [0.1, 0.15) is 47.5 Å². The summed E-state index contributed by atoms with van der Waals surface area (Å²) in [5.74, 6) is 0.244. The van der Waals surface area contributed by atoms with Gasteiger partial charge in [0, 0.05) is 28.7 Å². The zero-order valence-corrected chi connectivity index (χ0v) is 13.6. The summed E-state index contributed by atoms with van der Waals surface area (Å²) in [5, 5.41) is 3.33. The van der Waals surface area contributed by atoms with E-state index < -0.39 is 0 Å². The van der Waals surface area contributed by atoms with Gasteiger partial charge in [-0.25, -0.2) is 4.98 Å². The minimum atomic E-state index is 0.0764. The number of fused-ring (bicyclic) bond motifs is 1. The van der Waals surface area contributed by atoms with Crippen LogP contribution in [0.2, 0.25) is 4.47 Å². The van der Waals surface area contributed by atoms with Gasteiger partial charge >= 0.3 is 0 Å². The largest absolute Gasteiger partial charge is 0.380 e. The number of halogens is 1. The van der Waals surface area contributed by atoms with Gasteiger partial charge in [0.25, 0.3) is 0 Å². The van der Waals surface area contributed by atoms with E-state index in [1.54, 1.807) is 6.20 Å². The summed E-state index contributed by atoms with van der Waals surface area (Å²) in [5.41, 5.74) is 3.06. The van der Waals surface area contributed by atoms with Crippen LogP contribution in [0.15, 0.2) is 24.4 Å². The number of rotatable bonds is 3. The number of Topliss-reactive ketones (excluding diaryl/α,β-unsaturated/α-hetero) is 1. The summed E-state index contributed by atoms with van der Waals surface area (Å²) in [6.45, 7) is 5.07. The number of ketones is 1. The molecule has 0 bridgehead atoms. The van der Waals surface area contributed by atoms with Gasteiger partial charge in [-0.2, -0.15) is 0 Å². The van der Waals surface area contributed by atoms with Gasteiger partial charge in [0.1, 0.15) is 0 Å². The summed E-state index contributed by atoms with van der Waals surface area (Å²) < 4.78 is 0.550. The standard InChI is InChI=1S/C16H17ClN2OS/c1-16(2)6-5-14(20)12-7-10(3-4-13(12)16)18-8-11-9-19-15(17)21-11/h3-4,7,9,18H,5-6,8H2,1-2H3. The normalized spacial score (nSPS) is 16.6. The van der Waals surface area contributed by atoms with Crippen LogP contribution in [0.3, 0.4) is 0 Å². The van der Waals surface area contributed by atoms with Crippen molar-refractivity contribution in [2.45, 2.75) is 38.6 Å². The Labute approximate surface area is 133 Å². The molecule has 1 aliphatic rings. The molecule has 0 atom stereocenters. The Bertz CT molecular complexity index is 693. The van der Waals surface area contributed by atoms with E-state index in [-0.39, 0.29) is 11.2 Å². The van der Waals surface area contributed by atoms with Crippen molar-refractivity contribution in [1.82, 2.24) is 4.98 Å². The van der Waals surface area contributed by atoms with Crippen LogP contribution in [-0.4, -0.2) is 10.8 Å². The van der Waals surface area contributed by atoms with E-state index in [9.17, 15) is 4.79 Å². The maximum atomic E-state index is 12.1. The van der Waals surface area contributed by atoms with Crippen LogP contribution < -0.4 is 5.32 Å². The van der Waals surface area contributed by atoms with Gasteiger partial charge in [-0.1, -0.05) is 31.5 Å². The molecule has 1 aromatic carbocycles. The van der Waals surface area contributed by atoms with Crippen LogP contribution in [-0.2, 0) is 12.0 Å². The molecule has 0 fully saturated rings. The van der Waals surface area contributed by atoms with Crippen LogP contribution in [0.25, 0.3) is 0 Å². The maximum Gasteiger partial charge on any atom is 0.183 e. The van der Waals surface area contributed by atoms with Crippen molar-refractivity contribution in [3.8, 4) is 0 Å². The third-order valence-electron chi connectivity index (χ3n) is 4.02. The van der Waals surface area contributed by atoms with E-state index in [4.69, 9.17) is 11.6 Å². The highest BCUT2D eigenvalue weighted by Gasteiger charge is 2.31. The second-order valence-electron chi connectivity index (χ2n) is 6.00. The molecule has 110 valence electrons. The number of carbonyl (C=O) groups excluding carboxylic acids is 1. The fraction of sp³-hybridized carbons (Fsp3) is 0.375. The second-order valence-corrected chi connectivity index (χ2v) is 7.70. The molecule has 3 rings (SSSR count). The molecular formula is C16H17ClN2OS. The van der Waals surface area contributed by atoms with E-state index in [1.165, 1.54) is 11.3 Å². The molecule has 0 saturated carbocycles. The predicted octanol–water partition coefficient (Wildman–Crippen LogP) is 4.66. The molecule has 0 unspecified atom stereocenters. The monoisotopic (exact) mass is 320 g/mol. The number of carbonyl (C=O) groups is 1. The third kappa shape index (κ3) is 2.97. The van der Waals surface area contributed by atoms with E-state index in [1.807, 2.05) is 12.1 Å². The smallest absolute Gasteiger partial charge is 0.183 e. The number of nitrogens with zero attached hydrogens (tertiary/aromatic N) is 1. The molecule has 5 heteroatoms. The summed E-state index contributed by atoms with van der Waals surface area (Å²) in [6.07, 6.45) is 3.32. The lowest BCUT2D eigenvalue weighted by Gasteiger charge is -2.32. The van der Waals surface area contributed by atoms with Crippen molar-refractivity contribution >= 4 is 34.4 Å². The van der Waals surface area contributed by atoms with Gasteiger partial charge in [-0.3, -0.25) is 4.79 Å². The first-order valence-corrected chi connectivity index (χ1v) is 8.17. The van der Waals surface area contributed by atoms with Crippen molar-refractivity contribution in [2.75, 3.05) is 5.32 Å². The van der Waals surface area contributed by atoms with Gasteiger partial charge in [0.2, 0.25) is 0 Å². The number of aromatic nitrogens is 1. The summed E-state index contributed by atoms with van der Waals surface area (Å²) in [6, 6.07) is 6.09. The molecule has 21 heavy (non-hydrogen) atoms. The summed E-state index contributed by atoms with van der Waals surface area (Å²) >= 11 is 7.28. The van der Waals surface area contributed by atoms with E-state index in [0.717, 1.165) is 28.1 Å². The predicted molar refractivity (Wildman–Crippen MR) is 87.5 cm³/mol. The minimum absolute atomic E-state index is 0.0764. The number of nitrogens with one attached hydrogen (secondary N) is 1. The molecule has 0 radical (unpaired) electrons. The molecule has 1 heterocycles. The summed E-state index contributed by atoms with van der Waals surface area (Å²) in [7, 11) is 0. The zero-order chi connectivity index (χ0) is 15.0. The van der Waals surface area contributed by atoms with Gasteiger partial charge in [-0.15, -0.1) is 11.3 Å². The second kappa shape index (κ2) is 5.43. The average molecular weight is 321 g/mol. The first kappa shape index (κ1) is 14.5. The number of anilines is 1. The lowest BCUT2D eigenvalue weighted by molar-refractivity contribution is 0.0957. The molecular weight excluding hydrogens is 304 g/mol. The van der Waals surface area contributed by atoms with Crippen molar-refractivity contribution in [1.29, 1.82) is 0 Å². The molecule has 2 aromatic rings. The Balaban J connectivity index is 1.82. The Morgan fingerprint density at radius 1 is 1.43 bits per heavy atom. The van der Waals surface area contributed by atoms with E-state index >= 15 is 0 Å². The van der Waals surface area contributed by atoms with E-state index in [2.05, 4.69) is 30.2 Å². The highest BCUT2D eigenvalue weighted by Crippen LogP contribution is 2.37. The lowest BCUT2D eigenvalue weighted by Crippen LogP contribution is -2.27. The topological polar surface area (TPSA) is 42.0 Å². The molecule has 1 aromatic heterocycles. The first-order chi connectivity index (χ1) is 9.95. The van der Waals surface area contributed by atoms with Crippen molar-refractivity contribution in [2.24, 2.45) is 0 Å². The van der Waals surface area contributed by atoms with Crippen molar-refractivity contribution in [3.05, 3.63) is 44.9 Å². The number of benzene rings is 1. The lowest BCUT2D eigenvalue weighted by atomic mass is 9.72. The minimum Gasteiger partial charge on any atom is -0.380 e. The van der Waals surface area contributed by atoms with E-state index in [0.29, 0.717) is 17.4 Å². The number of hydrogen-bond donors (Lipinski definition) is 1. The maximum absolute atomic E-state index is 12.1. The van der Waals surface area contributed by atoms with Crippen molar-refractivity contribution in [3.63, 3.8) is 0 Å². The quantitative estimate of drug-likeness (QED) is 0.894. The zero-order valence-electron chi connectivity index (χ0n) is 12.1. The van der Waals surface area contributed by atoms with Crippen LogP contribution in [0.4, 0.5) is 5.69 Å². The SMILES string of the molecule is CC1(C)CCC(=O)c2cc(NCc3cnc(Cl)s3)ccc21. The fourth-order valence-corrected chi connectivity index (χ4v) is 3.64. The molecule has 0 amide bonds. The number of thiazole rings is 1. The van der Waals surface area contributed by atoms with Crippen LogP contribution in [0, 0.1) is 0 Å². The molecule has 3 nitrogen and oxygen atoms in total. The average Bonchev–Trinajstić information content (AvgIpc) is 2.87. The van der Waals surface area contributed by atoms with Crippen LogP contribution >= 0.6 is 22.9 Å². The molecule has 0 aliphatic heterocycles. The highest BCUT2D eigenvalue weighted by molar-refractivity contribution is 7.15. The first-order valence-electron chi connectivity index (χ1n) is 6.97. The van der Waals surface area contributed by atoms with Gasteiger partial charge in [-0.05, 0) is 29.5 Å².